The number of rotatable bonds is 5. The summed E-state index contributed by atoms with van der Waals surface area (Å²) in [5, 5.41) is 8.33. The maximum atomic E-state index is 12.4. The monoisotopic (exact) mass is 409 g/mol. The second-order valence-corrected chi connectivity index (χ2v) is 6.47. The van der Waals surface area contributed by atoms with Crippen molar-refractivity contribution in [3.8, 4) is 0 Å². The molecule has 3 aromatic carbocycles. The number of hydrazone groups is 1. The number of benzene rings is 3. The van der Waals surface area contributed by atoms with E-state index in [0.717, 1.165) is 20.8 Å². The summed E-state index contributed by atoms with van der Waals surface area (Å²) in [6, 6.07) is 20.6. The highest BCUT2D eigenvalue weighted by Crippen LogP contribution is 2.18. The van der Waals surface area contributed by atoms with Gasteiger partial charge in [-0.1, -0.05) is 64.5 Å². The summed E-state index contributed by atoms with van der Waals surface area (Å²) in [5.41, 5.74) is 3.78. The highest BCUT2D eigenvalue weighted by molar-refractivity contribution is 9.10. The molecule has 2 N–H and O–H groups in total. The molecule has 3 rings (SSSR count). The van der Waals surface area contributed by atoms with E-state index in [9.17, 15) is 9.59 Å². The van der Waals surface area contributed by atoms with Crippen molar-refractivity contribution in [1.82, 2.24) is 10.7 Å². The van der Waals surface area contributed by atoms with Gasteiger partial charge in [0.25, 0.3) is 11.8 Å². The van der Waals surface area contributed by atoms with Crippen molar-refractivity contribution in [1.29, 1.82) is 0 Å². The van der Waals surface area contributed by atoms with Crippen LogP contribution >= 0.6 is 15.9 Å². The molecule has 0 fully saturated rings. The minimum absolute atomic E-state index is 0.155. The fraction of sp³-hybridized carbons (Fsp3) is 0.0500. The van der Waals surface area contributed by atoms with Crippen LogP contribution in [-0.2, 0) is 4.79 Å². The number of hydrogen-bond donors (Lipinski definition) is 2. The minimum Gasteiger partial charge on any atom is -0.343 e. The quantitative estimate of drug-likeness (QED) is 0.500. The first-order chi connectivity index (χ1) is 12.6. The second-order valence-electron chi connectivity index (χ2n) is 5.56. The van der Waals surface area contributed by atoms with Crippen molar-refractivity contribution in [3.05, 3.63) is 82.3 Å². The van der Waals surface area contributed by atoms with Crippen LogP contribution in [0.15, 0.2) is 76.3 Å². The first kappa shape index (κ1) is 17.8. The normalized spacial score (nSPS) is 10.8. The molecule has 2 amide bonds. The average Bonchev–Trinajstić information content (AvgIpc) is 2.66. The number of carbonyl (C=O) groups is 2. The lowest BCUT2D eigenvalue weighted by molar-refractivity contribution is -0.120. The molecule has 3 aromatic rings. The molecule has 0 spiro atoms. The van der Waals surface area contributed by atoms with E-state index < -0.39 is 5.91 Å². The number of amides is 2. The highest BCUT2D eigenvalue weighted by atomic mass is 79.9. The molecule has 0 aromatic heterocycles. The van der Waals surface area contributed by atoms with E-state index in [1.54, 1.807) is 6.07 Å². The van der Waals surface area contributed by atoms with Crippen molar-refractivity contribution in [2.45, 2.75) is 0 Å². The predicted molar refractivity (Wildman–Crippen MR) is 106 cm³/mol. The Kier molecular flexibility index (Phi) is 5.76. The van der Waals surface area contributed by atoms with Crippen LogP contribution in [0.3, 0.4) is 0 Å². The lowest BCUT2D eigenvalue weighted by Gasteiger charge is -2.07. The van der Waals surface area contributed by atoms with Gasteiger partial charge >= 0.3 is 0 Å². The molecule has 0 bridgehead atoms. The van der Waals surface area contributed by atoms with Gasteiger partial charge in [-0.25, -0.2) is 5.43 Å². The molecule has 0 aliphatic carbocycles. The number of nitrogens with one attached hydrogen (secondary N) is 2. The predicted octanol–water partition coefficient (Wildman–Crippen LogP) is 3.48. The fourth-order valence-corrected chi connectivity index (χ4v) is 2.90. The van der Waals surface area contributed by atoms with Crippen LogP contribution < -0.4 is 10.7 Å². The summed E-state index contributed by atoms with van der Waals surface area (Å²) in [5.74, 6) is -0.697. The third-order valence-electron chi connectivity index (χ3n) is 3.70. The third-order valence-corrected chi connectivity index (χ3v) is 4.19. The van der Waals surface area contributed by atoms with Gasteiger partial charge < -0.3 is 5.32 Å². The van der Waals surface area contributed by atoms with Gasteiger partial charge in [0.05, 0.1) is 12.8 Å². The van der Waals surface area contributed by atoms with Gasteiger partial charge in [0.1, 0.15) is 0 Å². The van der Waals surface area contributed by atoms with Crippen molar-refractivity contribution in [2.75, 3.05) is 6.54 Å². The highest BCUT2D eigenvalue weighted by Gasteiger charge is 2.10. The van der Waals surface area contributed by atoms with Crippen molar-refractivity contribution in [3.63, 3.8) is 0 Å². The van der Waals surface area contributed by atoms with Gasteiger partial charge in [0.15, 0.2) is 0 Å². The molecule has 0 radical (unpaired) electrons. The largest absolute Gasteiger partial charge is 0.343 e. The number of hydrogen-bond acceptors (Lipinski definition) is 3. The maximum absolute atomic E-state index is 12.4. The van der Waals surface area contributed by atoms with Crippen LogP contribution in [0.5, 0.6) is 0 Å². The van der Waals surface area contributed by atoms with E-state index in [2.05, 4.69) is 31.8 Å². The lowest BCUT2D eigenvalue weighted by atomic mass is 10.0. The zero-order chi connectivity index (χ0) is 18.4. The van der Waals surface area contributed by atoms with Crippen LogP contribution in [0.25, 0.3) is 10.8 Å². The Hall–Kier alpha value is -2.99. The summed E-state index contributed by atoms with van der Waals surface area (Å²) < 4.78 is 0.926. The van der Waals surface area contributed by atoms with Crippen LogP contribution in [0.4, 0.5) is 0 Å². The summed E-state index contributed by atoms with van der Waals surface area (Å²) in [4.78, 5) is 24.2. The number of halogens is 1. The van der Waals surface area contributed by atoms with Crippen molar-refractivity contribution in [2.24, 2.45) is 5.10 Å². The average molecular weight is 410 g/mol. The van der Waals surface area contributed by atoms with Gasteiger partial charge in [0, 0.05) is 10.0 Å². The van der Waals surface area contributed by atoms with Gasteiger partial charge in [-0.15, -0.1) is 0 Å². The van der Waals surface area contributed by atoms with Gasteiger partial charge in [-0.3, -0.25) is 9.59 Å². The number of carbonyl (C=O) groups excluding carboxylic acids is 2. The maximum Gasteiger partial charge on any atom is 0.259 e. The van der Waals surface area contributed by atoms with Gasteiger partial charge in [-0.2, -0.15) is 5.10 Å². The van der Waals surface area contributed by atoms with E-state index in [4.69, 9.17) is 0 Å². The summed E-state index contributed by atoms with van der Waals surface area (Å²) >= 11 is 3.37. The fourth-order valence-electron chi connectivity index (χ4n) is 2.48. The Morgan fingerprint density at radius 2 is 1.77 bits per heavy atom. The molecule has 5 nitrogen and oxygen atoms in total. The van der Waals surface area contributed by atoms with Crippen LogP contribution in [0, 0.1) is 0 Å². The van der Waals surface area contributed by atoms with E-state index in [1.165, 1.54) is 6.21 Å². The lowest BCUT2D eigenvalue weighted by Crippen LogP contribution is -2.35. The minimum atomic E-state index is -0.398. The SMILES string of the molecule is O=C(CNC(=O)c1cccc2ccccc12)N/N=C/c1cccc(Br)c1. The van der Waals surface area contributed by atoms with Crippen LogP contribution in [-0.4, -0.2) is 24.6 Å². The molecule has 0 saturated carbocycles. The molecular weight excluding hydrogens is 394 g/mol. The third kappa shape index (κ3) is 4.55. The zero-order valence-corrected chi connectivity index (χ0v) is 15.4. The van der Waals surface area contributed by atoms with Crippen molar-refractivity contribution < 1.29 is 9.59 Å². The van der Waals surface area contributed by atoms with E-state index in [0.29, 0.717) is 5.56 Å². The summed E-state index contributed by atoms with van der Waals surface area (Å²) in [6.07, 6.45) is 1.54. The summed E-state index contributed by atoms with van der Waals surface area (Å²) in [7, 11) is 0. The van der Waals surface area contributed by atoms with E-state index >= 15 is 0 Å². The first-order valence-corrected chi connectivity index (χ1v) is 8.76. The zero-order valence-electron chi connectivity index (χ0n) is 13.8. The van der Waals surface area contributed by atoms with Gasteiger partial charge in [0.2, 0.25) is 0 Å². The molecule has 0 unspecified atom stereocenters. The number of nitrogens with zero attached hydrogens (tertiary/aromatic N) is 1. The van der Waals surface area contributed by atoms with Crippen LogP contribution in [0.2, 0.25) is 0 Å². The van der Waals surface area contributed by atoms with Crippen LogP contribution in [0.1, 0.15) is 15.9 Å². The first-order valence-electron chi connectivity index (χ1n) is 7.97. The molecule has 130 valence electrons. The van der Waals surface area contributed by atoms with E-state index in [-0.39, 0.29) is 12.5 Å². The molecular formula is C20H16BrN3O2. The van der Waals surface area contributed by atoms with Gasteiger partial charge in [-0.05, 0) is 34.5 Å². The number of fused-ring (bicyclic) bond motifs is 1. The molecule has 6 heteroatoms. The van der Waals surface area contributed by atoms with E-state index in [1.807, 2.05) is 60.7 Å². The second kappa shape index (κ2) is 8.40. The molecule has 0 atom stereocenters. The Morgan fingerprint density at radius 3 is 2.62 bits per heavy atom. The molecule has 0 heterocycles. The molecule has 0 saturated heterocycles. The Bertz CT molecular complexity index is 980. The molecule has 0 aliphatic heterocycles. The smallest absolute Gasteiger partial charge is 0.259 e. The Balaban J connectivity index is 1.56. The van der Waals surface area contributed by atoms with Crippen molar-refractivity contribution >= 4 is 44.7 Å². The molecule has 0 aliphatic rings. The molecule has 26 heavy (non-hydrogen) atoms. The topological polar surface area (TPSA) is 70.6 Å². The Labute approximate surface area is 159 Å². The standard InChI is InChI=1S/C20H16BrN3O2/c21-16-8-3-5-14(11-16)12-23-24-19(25)13-22-20(26)18-10-4-7-15-6-1-2-9-17(15)18/h1-12H,13H2,(H,22,26)(H,24,25)/b23-12+. The summed E-state index contributed by atoms with van der Waals surface area (Å²) in [6.45, 7) is -0.155. The Morgan fingerprint density at radius 1 is 1.00 bits per heavy atom.